The number of nitrogens with one attached hydrogen (secondary N) is 2. The summed E-state index contributed by atoms with van der Waals surface area (Å²) in [6, 6.07) is 8.01. The lowest BCUT2D eigenvalue weighted by atomic mass is 9.99. The Kier molecular flexibility index (Phi) is 7.41. The quantitative estimate of drug-likeness (QED) is 0.645. The topological polar surface area (TPSA) is 101 Å². The summed E-state index contributed by atoms with van der Waals surface area (Å²) >= 11 is 0. The molecule has 4 N–H and O–H groups in total. The first-order chi connectivity index (χ1) is 10.8. The lowest BCUT2D eigenvalue weighted by Gasteiger charge is -2.24. The Labute approximate surface area is 136 Å². The van der Waals surface area contributed by atoms with Gasteiger partial charge in [0.2, 0.25) is 11.8 Å². The van der Waals surface area contributed by atoms with E-state index in [0.717, 1.165) is 5.56 Å². The monoisotopic (exact) mass is 319 g/mol. The summed E-state index contributed by atoms with van der Waals surface area (Å²) in [5.41, 5.74) is 6.38. The van der Waals surface area contributed by atoms with Crippen LogP contribution in [0.25, 0.3) is 0 Å². The van der Waals surface area contributed by atoms with E-state index in [-0.39, 0.29) is 30.1 Å². The van der Waals surface area contributed by atoms with Crippen molar-refractivity contribution in [1.29, 1.82) is 0 Å². The minimum absolute atomic E-state index is 0.0933. The van der Waals surface area contributed by atoms with E-state index in [1.165, 1.54) is 6.92 Å². The summed E-state index contributed by atoms with van der Waals surface area (Å²) < 4.78 is 0. The Morgan fingerprint density at radius 3 is 2.17 bits per heavy atom. The zero-order chi connectivity index (χ0) is 17.4. The largest absolute Gasteiger partial charge is 0.344 e. The van der Waals surface area contributed by atoms with Crippen molar-refractivity contribution in [2.45, 2.75) is 39.3 Å². The Morgan fingerprint density at radius 1 is 1.09 bits per heavy atom. The molecule has 0 saturated heterocycles. The third-order valence-electron chi connectivity index (χ3n) is 3.50. The number of hydrogen-bond acceptors (Lipinski definition) is 4. The van der Waals surface area contributed by atoms with Crippen LogP contribution in [0.1, 0.15) is 26.3 Å². The van der Waals surface area contributed by atoms with Gasteiger partial charge in [-0.25, -0.2) is 0 Å². The maximum Gasteiger partial charge on any atom is 0.243 e. The van der Waals surface area contributed by atoms with E-state index in [9.17, 15) is 14.4 Å². The molecule has 1 aromatic carbocycles. The van der Waals surface area contributed by atoms with Crippen molar-refractivity contribution < 1.29 is 14.4 Å². The Hall–Kier alpha value is -2.21. The normalized spacial score (nSPS) is 13.3. The average molecular weight is 319 g/mol. The fraction of sp³-hybridized carbons (Fsp3) is 0.471. The SMILES string of the molecule is CC(=O)N[C@@H](C(=O)N[C@H](Cc1ccccc1)C(=O)CN)C(C)C. The van der Waals surface area contributed by atoms with E-state index in [0.29, 0.717) is 6.42 Å². The standard InChI is InChI=1S/C17H25N3O3/c1-11(2)16(19-12(3)21)17(23)20-14(15(22)10-18)9-13-7-5-4-6-8-13/h4-8,11,14,16H,9-10,18H2,1-3H3,(H,19,21)(H,20,23)/t14-,16-/m1/s1. The second-order valence-corrected chi connectivity index (χ2v) is 5.84. The predicted octanol–water partition coefficient (Wildman–Crippen LogP) is 0.402. The van der Waals surface area contributed by atoms with Gasteiger partial charge < -0.3 is 16.4 Å². The number of hydrogen-bond donors (Lipinski definition) is 3. The molecule has 0 fully saturated rings. The molecular formula is C17H25N3O3. The molecule has 126 valence electrons. The summed E-state index contributed by atoms with van der Waals surface area (Å²) in [4.78, 5) is 35.7. The summed E-state index contributed by atoms with van der Waals surface area (Å²) in [5.74, 6) is -1.00. The molecule has 1 aromatic rings. The van der Waals surface area contributed by atoms with Crippen LogP contribution in [0, 0.1) is 5.92 Å². The van der Waals surface area contributed by atoms with Crippen molar-refractivity contribution in [1.82, 2.24) is 10.6 Å². The van der Waals surface area contributed by atoms with Gasteiger partial charge in [0, 0.05) is 6.92 Å². The van der Waals surface area contributed by atoms with Gasteiger partial charge in [0.15, 0.2) is 5.78 Å². The highest BCUT2D eigenvalue weighted by molar-refractivity contribution is 5.93. The van der Waals surface area contributed by atoms with Crippen LogP contribution in [0.2, 0.25) is 0 Å². The zero-order valence-electron chi connectivity index (χ0n) is 13.8. The van der Waals surface area contributed by atoms with E-state index in [1.807, 2.05) is 44.2 Å². The highest BCUT2D eigenvalue weighted by Gasteiger charge is 2.27. The molecule has 1 rings (SSSR count). The number of carbonyl (C=O) groups excluding carboxylic acids is 3. The lowest BCUT2D eigenvalue weighted by Crippen LogP contribution is -2.54. The molecular weight excluding hydrogens is 294 g/mol. The Bertz CT molecular complexity index is 543. The van der Waals surface area contributed by atoms with E-state index in [2.05, 4.69) is 10.6 Å². The van der Waals surface area contributed by atoms with Crippen LogP contribution in [0.15, 0.2) is 30.3 Å². The van der Waals surface area contributed by atoms with E-state index >= 15 is 0 Å². The number of Topliss-reactive ketones (excluding diaryl/α,β-unsaturated/α-hetero) is 1. The fourth-order valence-corrected chi connectivity index (χ4v) is 2.25. The number of ketones is 1. The Morgan fingerprint density at radius 2 is 1.70 bits per heavy atom. The first-order valence-electron chi connectivity index (χ1n) is 7.69. The van der Waals surface area contributed by atoms with Gasteiger partial charge in [0.05, 0.1) is 12.6 Å². The lowest BCUT2D eigenvalue weighted by molar-refractivity contribution is -0.131. The van der Waals surface area contributed by atoms with Crippen LogP contribution >= 0.6 is 0 Å². The molecule has 0 unspecified atom stereocenters. The van der Waals surface area contributed by atoms with Crippen LogP contribution in [0.5, 0.6) is 0 Å². The summed E-state index contributed by atoms with van der Waals surface area (Å²) in [5, 5.41) is 5.33. The number of amides is 2. The molecule has 23 heavy (non-hydrogen) atoms. The third-order valence-corrected chi connectivity index (χ3v) is 3.50. The molecule has 0 aromatic heterocycles. The van der Waals surface area contributed by atoms with Crippen molar-refractivity contribution in [2.75, 3.05) is 6.54 Å². The summed E-state index contributed by atoms with van der Waals surface area (Å²) in [6.07, 6.45) is 0.369. The molecule has 0 saturated carbocycles. The molecule has 0 aliphatic carbocycles. The number of rotatable bonds is 8. The van der Waals surface area contributed by atoms with Crippen LogP contribution in [0.4, 0.5) is 0 Å². The Balaban J connectivity index is 2.85. The summed E-state index contributed by atoms with van der Waals surface area (Å²) in [7, 11) is 0. The molecule has 0 spiro atoms. The molecule has 6 heteroatoms. The third kappa shape index (κ3) is 6.20. The van der Waals surface area contributed by atoms with Crippen molar-refractivity contribution in [3.8, 4) is 0 Å². The fourth-order valence-electron chi connectivity index (χ4n) is 2.25. The van der Waals surface area contributed by atoms with Crippen LogP contribution in [0.3, 0.4) is 0 Å². The first-order valence-corrected chi connectivity index (χ1v) is 7.69. The van der Waals surface area contributed by atoms with Crippen molar-refractivity contribution in [3.63, 3.8) is 0 Å². The minimum Gasteiger partial charge on any atom is -0.344 e. The van der Waals surface area contributed by atoms with Gasteiger partial charge in [-0.05, 0) is 17.9 Å². The van der Waals surface area contributed by atoms with Gasteiger partial charge in [-0.1, -0.05) is 44.2 Å². The van der Waals surface area contributed by atoms with Gasteiger partial charge in [-0.15, -0.1) is 0 Å². The van der Waals surface area contributed by atoms with E-state index in [1.54, 1.807) is 0 Å². The highest BCUT2D eigenvalue weighted by Crippen LogP contribution is 2.07. The highest BCUT2D eigenvalue weighted by atomic mass is 16.2. The second kappa shape index (κ2) is 9.05. The number of benzene rings is 1. The smallest absolute Gasteiger partial charge is 0.243 e. The maximum atomic E-state index is 12.4. The molecule has 6 nitrogen and oxygen atoms in total. The zero-order valence-corrected chi connectivity index (χ0v) is 13.8. The summed E-state index contributed by atoms with van der Waals surface area (Å²) in [6.45, 7) is 4.87. The van der Waals surface area contributed by atoms with Crippen LogP contribution in [-0.2, 0) is 20.8 Å². The van der Waals surface area contributed by atoms with Gasteiger partial charge in [-0.3, -0.25) is 14.4 Å². The molecule has 0 heterocycles. The molecule has 0 aliphatic rings. The molecule has 2 atom stereocenters. The minimum atomic E-state index is -0.704. The van der Waals surface area contributed by atoms with Crippen molar-refractivity contribution in [2.24, 2.45) is 11.7 Å². The predicted molar refractivity (Wildman–Crippen MR) is 88.6 cm³/mol. The first kappa shape index (κ1) is 18.8. The molecule has 0 bridgehead atoms. The molecule has 0 aliphatic heterocycles. The van der Waals surface area contributed by atoms with Gasteiger partial charge >= 0.3 is 0 Å². The van der Waals surface area contributed by atoms with Crippen LogP contribution < -0.4 is 16.4 Å². The maximum absolute atomic E-state index is 12.4. The average Bonchev–Trinajstić information content (AvgIpc) is 2.51. The molecule has 0 radical (unpaired) electrons. The van der Waals surface area contributed by atoms with Crippen molar-refractivity contribution in [3.05, 3.63) is 35.9 Å². The van der Waals surface area contributed by atoms with Crippen molar-refractivity contribution >= 4 is 17.6 Å². The number of nitrogens with two attached hydrogens (primary N) is 1. The van der Waals surface area contributed by atoms with Gasteiger partial charge in [0.25, 0.3) is 0 Å². The molecule has 2 amide bonds. The second-order valence-electron chi connectivity index (χ2n) is 5.84. The van der Waals surface area contributed by atoms with E-state index < -0.39 is 12.1 Å². The number of carbonyl (C=O) groups is 3. The van der Waals surface area contributed by atoms with Gasteiger partial charge in [-0.2, -0.15) is 0 Å². The van der Waals surface area contributed by atoms with E-state index in [4.69, 9.17) is 5.73 Å². The van der Waals surface area contributed by atoms with Gasteiger partial charge in [0.1, 0.15) is 6.04 Å². The van der Waals surface area contributed by atoms with Crippen LogP contribution in [-0.4, -0.2) is 36.2 Å².